The van der Waals surface area contributed by atoms with Gasteiger partial charge in [0.15, 0.2) is 0 Å². The molecule has 4 nitrogen and oxygen atoms in total. The van der Waals surface area contributed by atoms with E-state index in [1.807, 2.05) is 0 Å². The van der Waals surface area contributed by atoms with Crippen molar-refractivity contribution in [2.75, 3.05) is 5.73 Å². The Morgan fingerprint density at radius 3 is 2.39 bits per heavy atom. The van der Waals surface area contributed by atoms with E-state index in [9.17, 15) is 26.7 Å². The first-order valence-electron chi connectivity index (χ1n) is 4.49. The monoisotopic (exact) mass is 270 g/mol. The van der Waals surface area contributed by atoms with Gasteiger partial charge in [-0.05, 0) is 0 Å². The zero-order chi connectivity index (χ0) is 14.1. The Morgan fingerprint density at radius 1 is 1.44 bits per heavy atom. The number of hydrogen-bond donors (Lipinski definition) is 2. The van der Waals surface area contributed by atoms with Crippen molar-refractivity contribution >= 4 is 11.7 Å². The molecule has 0 radical (unpaired) electrons. The molecule has 0 fully saturated rings. The van der Waals surface area contributed by atoms with Crippen molar-refractivity contribution in [1.29, 1.82) is 0 Å². The molecule has 9 heteroatoms. The average Bonchev–Trinajstić information content (AvgIpc) is 2.17. The summed E-state index contributed by atoms with van der Waals surface area (Å²) in [6.07, 6.45) is -9.10. The van der Waals surface area contributed by atoms with Crippen LogP contribution >= 0.6 is 0 Å². The van der Waals surface area contributed by atoms with Crippen molar-refractivity contribution in [2.24, 2.45) is 0 Å². The molecule has 3 N–H and O–H groups in total. The number of aromatic nitrogens is 1. The van der Waals surface area contributed by atoms with E-state index in [2.05, 4.69) is 4.98 Å². The Balaban J connectivity index is 3.45. The molecule has 0 atom stereocenters. The molecule has 100 valence electrons. The molecule has 1 aromatic heterocycles. The zero-order valence-corrected chi connectivity index (χ0v) is 8.63. The minimum absolute atomic E-state index is 0.294. The van der Waals surface area contributed by atoms with E-state index >= 15 is 0 Å². The smallest absolute Gasteiger partial charge is 0.418 e. The van der Waals surface area contributed by atoms with Gasteiger partial charge in [-0.3, -0.25) is 9.78 Å². The number of aliphatic carboxylic acids is 1. The topological polar surface area (TPSA) is 76.2 Å². The van der Waals surface area contributed by atoms with Crippen molar-refractivity contribution in [1.82, 2.24) is 4.98 Å². The third-order valence-corrected chi connectivity index (χ3v) is 2.07. The highest BCUT2D eigenvalue weighted by Crippen LogP contribution is 2.40. The molecule has 1 heterocycles. The first-order valence-corrected chi connectivity index (χ1v) is 4.49. The van der Waals surface area contributed by atoms with Gasteiger partial charge >= 0.3 is 12.1 Å². The highest BCUT2D eigenvalue weighted by atomic mass is 19.4. The summed E-state index contributed by atoms with van der Waals surface area (Å²) in [7, 11) is 0. The van der Waals surface area contributed by atoms with E-state index in [1.54, 1.807) is 0 Å². The van der Waals surface area contributed by atoms with Gasteiger partial charge in [-0.25, -0.2) is 8.78 Å². The first kappa shape index (κ1) is 14.1. The number of rotatable bonds is 3. The molecule has 0 saturated heterocycles. The summed E-state index contributed by atoms with van der Waals surface area (Å²) >= 11 is 0. The van der Waals surface area contributed by atoms with Gasteiger partial charge in [-0.15, -0.1) is 0 Å². The summed E-state index contributed by atoms with van der Waals surface area (Å²) in [5, 5.41) is 8.44. The zero-order valence-electron chi connectivity index (χ0n) is 8.63. The normalized spacial score (nSPS) is 11.9. The number of carboxylic acid groups (broad SMARTS) is 1. The molecule has 0 aliphatic carbocycles. The van der Waals surface area contributed by atoms with Gasteiger partial charge in [0.05, 0.1) is 28.9 Å². The van der Waals surface area contributed by atoms with Gasteiger partial charge in [0.1, 0.15) is 0 Å². The lowest BCUT2D eigenvalue weighted by molar-refractivity contribution is -0.139. The molecule has 0 bridgehead atoms. The van der Waals surface area contributed by atoms with Gasteiger partial charge in [0.25, 0.3) is 6.43 Å². The van der Waals surface area contributed by atoms with Gasteiger partial charge in [-0.1, -0.05) is 0 Å². The van der Waals surface area contributed by atoms with Crippen LogP contribution in [0.25, 0.3) is 0 Å². The van der Waals surface area contributed by atoms with Gasteiger partial charge in [-0.2, -0.15) is 13.2 Å². The van der Waals surface area contributed by atoms with Crippen molar-refractivity contribution < 1.29 is 31.9 Å². The van der Waals surface area contributed by atoms with Crippen LogP contribution in [0.15, 0.2) is 6.20 Å². The fraction of sp³-hybridized carbons (Fsp3) is 0.333. The number of nitrogens with zero attached hydrogens (tertiary/aromatic N) is 1. The van der Waals surface area contributed by atoms with Crippen molar-refractivity contribution in [3.63, 3.8) is 0 Å². The third kappa shape index (κ3) is 2.84. The molecule has 18 heavy (non-hydrogen) atoms. The number of nitrogens with two attached hydrogens (primary N) is 1. The summed E-state index contributed by atoms with van der Waals surface area (Å²) in [5.41, 5.74) is 0.299. The van der Waals surface area contributed by atoms with Crippen LogP contribution < -0.4 is 5.73 Å². The van der Waals surface area contributed by atoms with E-state index in [0.717, 1.165) is 0 Å². The second-order valence-electron chi connectivity index (χ2n) is 3.32. The van der Waals surface area contributed by atoms with E-state index in [1.165, 1.54) is 0 Å². The maximum atomic E-state index is 12.6. The largest absolute Gasteiger partial charge is 0.481 e. The predicted octanol–water partition coefficient (Wildman–Crippen LogP) is 2.25. The molecule has 0 amide bonds. The number of pyridine rings is 1. The lowest BCUT2D eigenvalue weighted by atomic mass is 10.0. The molecule has 0 aliphatic rings. The van der Waals surface area contributed by atoms with Crippen LogP contribution in [0, 0.1) is 0 Å². The summed E-state index contributed by atoms with van der Waals surface area (Å²) in [5.74, 6) is -1.47. The van der Waals surface area contributed by atoms with Crippen LogP contribution in [0.4, 0.5) is 27.6 Å². The third-order valence-electron chi connectivity index (χ3n) is 2.07. The Morgan fingerprint density at radius 2 is 2.00 bits per heavy atom. The molecular formula is C9H7F5N2O2. The lowest BCUT2D eigenvalue weighted by Crippen LogP contribution is -2.17. The molecule has 0 aromatic carbocycles. The predicted molar refractivity (Wildman–Crippen MR) is 49.9 cm³/mol. The van der Waals surface area contributed by atoms with Crippen LogP contribution in [0.3, 0.4) is 0 Å². The van der Waals surface area contributed by atoms with E-state index in [0.29, 0.717) is 6.20 Å². The molecule has 1 aromatic rings. The van der Waals surface area contributed by atoms with E-state index in [4.69, 9.17) is 10.8 Å². The number of anilines is 1. The number of hydrogen-bond acceptors (Lipinski definition) is 3. The highest BCUT2D eigenvalue weighted by molar-refractivity contribution is 5.73. The Bertz CT molecular complexity index is 473. The van der Waals surface area contributed by atoms with Crippen LogP contribution in [-0.4, -0.2) is 16.1 Å². The second kappa shape index (κ2) is 4.75. The Kier molecular flexibility index (Phi) is 3.73. The van der Waals surface area contributed by atoms with Crippen molar-refractivity contribution in [3.8, 4) is 0 Å². The van der Waals surface area contributed by atoms with Crippen LogP contribution in [0.2, 0.25) is 0 Å². The van der Waals surface area contributed by atoms with Crippen LogP contribution in [0.5, 0.6) is 0 Å². The fourth-order valence-electron chi connectivity index (χ4n) is 1.35. The standard InChI is InChI=1S/C9H7F5N2O2/c10-8(11)3-2-16-4(1-5(17)18)7(15)6(3)9(12,13)14/h2,8H,1,15H2,(H,17,18). The van der Waals surface area contributed by atoms with Gasteiger partial charge in [0, 0.05) is 6.20 Å². The van der Waals surface area contributed by atoms with Crippen LogP contribution in [0.1, 0.15) is 23.2 Å². The van der Waals surface area contributed by atoms with Gasteiger partial charge < -0.3 is 10.8 Å². The molecule has 0 unspecified atom stereocenters. The first-order chi connectivity index (χ1) is 8.14. The molecule has 0 spiro atoms. The van der Waals surface area contributed by atoms with Crippen molar-refractivity contribution in [3.05, 3.63) is 23.0 Å². The highest BCUT2D eigenvalue weighted by Gasteiger charge is 2.39. The second-order valence-corrected chi connectivity index (χ2v) is 3.32. The molecule has 1 rings (SSSR count). The summed E-state index contributed by atoms with van der Waals surface area (Å²) in [4.78, 5) is 13.6. The van der Waals surface area contributed by atoms with Gasteiger partial charge in [0.2, 0.25) is 0 Å². The van der Waals surface area contributed by atoms with Crippen LogP contribution in [-0.2, 0) is 17.4 Å². The summed E-state index contributed by atoms with van der Waals surface area (Å²) in [6.45, 7) is 0. The van der Waals surface area contributed by atoms with Crippen molar-refractivity contribution in [2.45, 2.75) is 19.0 Å². The lowest BCUT2D eigenvalue weighted by Gasteiger charge is -2.16. The maximum Gasteiger partial charge on any atom is 0.418 e. The molecule has 0 saturated carbocycles. The SMILES string of the molecule is Nc1c(CC(=O)O)ncc(C(F)F)c1C(F)(F)F. The Labute approximate surface area is 97.2 Å². The minimum atomic E-state index is -5.11. The number of nitrogen functional groups attached to an aromatic ring is 1. The van der Waals surface area contributed by atoms with E-state index < -0.39 is 47.5 Å². The van der Waals surface area contributed by atoms with E-state index in [-0.39, 0.29) is 0 Å². The quantitative estimate of drug-likeness (QED) is 0.826. The number of carboxylic acids is 1. The average molecular weight is 270 g/mol. The number of halogens is 5. The molecular weight excluding hydrogens is 263 g/mol. The summed E-state index contributed by atoms with van der Waals surface area (Å²) < 4.78 is 62.6. The fourth-order valence-corrected chi connectivity index (χ4v) is 1.35. The minimum Gasteiger partial charge on any atom is -0.481 e. The Hall–Kier alpha value is -1.93. The molecule has 0 aliphatic heterocycles. The number of carbonyl (C=O) groups is 1. The maximum absolute atomic E-state index is 12.6. The summed E-state index contributed by atoms with van der Waals surface area (Å²) in [6, 6.07) is 0. The number of alkyl halides is 5.